The Bertz CT molecular complexity index is 672. The van der Waals surface area contributed by atoms with Crippen molar-refractivity contribution in [3.8, 4) is 0 Å². The van der Waals surface area contributed by atoms with Crippen LogP contribution in [0.4, 0.5) is 4.79 Å². The predicted octanol–water partition coefficient (Wildman–Crippen LogP) is 2.06. The predicted molar refractivity (Wildman–Crippen MR) is 96.2 cm³/mol. The van der Waals surface area contributed by atoms with Gasteiger partial charge in [0.15, 0.2) is 0 Å². The van der Waals surface area contributed by atoms with Crippen LogP contribution in [0.15, 0.2) is 54.6 Å². The lowest BCUT2D eigenvalue weighted by atomic mass is 10.1. The Balaban J connectivity index is 1.63. The Morgan fingerprint density at radius 3 is 2.24 bits per heavy atom. The van der Waals surface area contributed by atoms with Gasteiger partial charge >= 0.3 is 6.09 Å². The lowest BCUT2D eigenvalue weighted by molar-refractivity contribution is 0.0951. The van der Waals surface area contributed by atoms with Crippen molar-refractivity contribution in [3.63, 3.8) is 0 Å². The molecule has 0 heterocycles. The molecule has 2 aromatic carbocycles. The Morgan fingerprint density at radius 2 is 1.56 bits per heavy atom. The molecule has 0 aliphatic rings. The standard InChI is InChI=1S/C19H23N3O3/c1-20-13-15-7-9-17(10-8-15)18(23)21-11-12-22-19(24)25-14-16-5-3-2-4-6-16/h2-10,20H,11-14H2,1H3,(H,21,23)(H,22,24). The van der Waals surface area contributed by atoms with E-state index in [9.17, 15) is 9.59 Å². The first-order valence-electron chi connectivity index (χ1n) is 8.15. The normalized spacial score (nSPS) is 10.1. The Kier molecular flexibility index (Phi) is 7.46. The molecule has 0 spiro atoms. The largest absolute Gasteiger partial charge is 0.445 e. The fourth-order valence-electron chi connectivity index (χ4n) is 2.19. The van der Waals surface area contributed by atoms with Gasteiger partial charge in [-0.15, -0.1) is 0 Å². The molecular formula is C19H23N3O3. The van der Waals surface area contributed by atoms with Crippen LogP contribution in [-0.2, 0) is 17.9 Å². The van der Waals surface area contributed by atoms with E-state index in [1.54, 1.807) is 12.1 Å². The van der Waals surface area contributed by atoms with Gasteiger partial charge < -0.3 is 20.7 Å². The summed E-state index contributed by atoms with van der Waals surface area (Å²) in [7, 11) is 1.87. The molecular weight excluding hydrogens is 318 g/mol. The summed E-state index contributed by atoms with van der Waals surface area (Å²) in [6.45, 7) is 1.61. The Hall–Kier alpha value is -2.86. The van der Waals surface area contributed by atoms with Gasteiger partial charge in [0.25, 0.3) is 5.91 Å². The summed E-state index contributed by atoms with van der Waals surface area (Å²) >= 11 is 0. The van der Waals surface area contributed by atoms with Crippen molar-refractivity contribution in [2.75, 3.05) is 20.1 Å². The number of carbonyl (C=O) groups is 2. The van der Waals surface area contributed by atoms with Gasteiger partial charge in [-0.25, -0.2) is 4.79 Å². The highest BCUT2D eigenvalue weighted by molar-refractivity contribution is 5.94. The maximum Gasteiger partial charge on any atom is 0.407 e. The first kappa shape index (κ1) is 18.5. The lowest BCUT2D eigenvalue weighted by Gasteiger charge is -2.08. The molecule has 2 aromatic rings. The summed E-state index contributed by atoms with van der Waals surface area (Å²) < 4.78 is 5.09. The molecule has 0 aromatic heterocycles. The number of amides is 2. The van der Waals surface area contributed by atoms with Crippen LogP contribution < -0.4 is 16.0 Å². The van der Waals surface area contributed by atoms with Crippen molar-refractivity contribution in [3.05, 3.63) is 71.3 Å². The maximum absolute atomic E-state index is 12.0. The average Bonchev–Trinajstić information content (AvgIpc) is 2.65. The van der Waals surface area contributed by atoms with Gasteiger partial charge in [-0.1, -0.05) is 42.5 Å². The Labute approximate surface area is 147 Å². The highest BCUT2D eigenvalue weighted by Gasteiger charge is 2.06. The maximum atomic E-state index is 12.0. The Morgan fingerprint density at radius 1 is 0.880 bits per heavy atom. The number of alkyl carbamates (subject to hydrolysis) is 1. The zero-order valence-corrected chi connectivity index (χ0v) is 14.2. The molecule has 2 rings (SSSR count). The van der Waals surface area contributed by atoms with E-state index in [1.807, 2.05) is 49.5 Å². The van der Waals surface area contributed by atoms with Crippen LogP contribution in [0.1, 0.15) is 21.5 Å². The second-order valence-corrected chi connectivity index (χ2v) is 5.47. The van der Waals surface area contributed by atoms with Crippen molar-refractivity contribution >= 4 is 12.0 Å². The minimum absolute atomic E-state index is 0.171. The monoisotopic (exact) mass is 341 g/mol. The van der Waals surface area contributed by atoms with Crippen LogP contribution in [0.5, 0.6) is 0 Å². The van der Waals surface area contributed by atoms with Gasteiger partial charge in [-0.2, -0.15) is 0 Å². The molecule has 0 fully saturated rings. The van der Waals surface area contributed by atoms with E-state index in [0.29, 0.717) is 18.7 Å². The van der Waals surface area contributed by atoms with Gasteiger partial charge in [0.2, 0.25) is 0 Å². The third-order valence-corrected chi connectivity index (χ3v) is 3.49. The SMILES string of the molecule is CNCc1ccc(C(=O)NCCNC(=O)OCc2ccccc2)cc1. The minimum Gasteiger partial charge on any atom is -0.445 e. The summed E-state index contributed by atoms with van der Waals surface area (Å²) in [6.07, 6.45) is -0.505. The topological polar surface area (TPSA) is 79.5 Å². The van der Waals surface area contributed by atoms with E-state index in [2.05, 4.69) is 16.0 Å². The smallest absolute Gasteiger partial charge is 0.407 e. The van der Waals surface area contributed by atoms with E-state index in [1.165, 1.54) is 0 Å². The van der Waals surface area contributed by atoms with Gasteiger partial charge in [-0.3, -0.25) is 4.79 Å². The number of carbonyl (C=O) groups excluding carboxylic acids is 2. The van der Waals surface area contributed by atoms with Gasteiger partial charge in [-0.05, 0) is 30.3 Å². The van der Waals surface area contributed by atoms with E-state index in [4.69, 9.17) is 4.74 Å². The van der Waals surface area contributed by atoms with Crippen LogP contribution >= 0.6 is 0 Å². The van der Waals surface area contributed by atoms with Crippen molar-refractivity contribution in [2.24, 2.45) is 0 Å². The van der Waals surface area contributed by atoms with E-state index in [-0.39, 0.29) is 12.5 Å². The highest BCUT2D eigenvalue weighted by atomic mass is 16.5. The van der Waals surface area contributed by atoms with Crippen LogP contribution in [0, 0.1) is 0 Å². The molecule has 0 unspecified atom stereocenters. The third-order valence-electron chi connectivity index (χ3n) is 3.49. The summed E-state index contributed by atoms with van der Waals surface area (Å²) in [5.41, 5.74) is 2.63. The molecule has 0 aliphatic carbocycles. The van der Waals surface area contributed by atoms with Crippen LogP contribution in [0.3, 0.4) is 0 Å². The number of rotatable bonds is 8. The fraction of sp³-hybridized carbons (Fsp3) is 0.263. The van der Waals surface area contributed by atoms with Crippen LogP contribution in [0.2, 0.25) is 0 Å². The van der Waals surface area contributed by atoms with Crippen molar-refractivity contribution in [2.45, 2.75) is 13.2 Å². The second-order valence-electron chi connectivity index (χ2n) is 5.47. The molecule has 0 saturated carbocycles. The summed E-state index contributed by atoms with van der Waals surface area (Å²) in [4.78, 5) is 23.6. The quantitative estimate of drug-likeness (QED) is 0.642. The number of benzene rings is 2. The molecule has 0 bridgehead atoms. The van der Waals surface area contributed by atoms with Crippen LogP contribution in [0.25, 0.3) is 0 Å². The summed E-state index contributed by atoms with van der Waals surface area (Å²) in [5.74, 6) is -0.171. The second kappa shape index (κ2) is 10.1. The lowest BCUT2D eigenvalue weighted by Crippen LogP contribution is -2.34. The first-order chi connectivity index (χ1) is 12.2. The van der Waals surface area contributed by atoms with Crippen LogP contribution in [-0.4, -0.2) is 32.1 Å². The third kappa shape index (κ3) is 6.64. The number of ether oxygens (including phenoxy) is 1. The fourth-order valence-corrected chi connectivity index (χ4v) is 2.19. The van der Waals surface area contributed by atoms with E-state index >= 15 is 0 Å². The van der Waals surface area contributed by atoms with E-state index in [0.717, 1.165) is 17.7 Å². The molecule has 2 amide bonds. The van der Waals surface area contributed by atoms with E-state index < -0.39 is 6.09 Å². The first-order valence-corrected chi connectivity index (χ1v) is 8.15. The molecule has 0 radical (unpaired) electrons. The molecule has 0 saturated heterocycles. The van der Waals surface area contributed by atoms with Gasteiger partial charge in [0.1, 0.15) is 6.61 Å². The molecule has 6 nitrogen and oxygen atoms in total. The zero-order chi connectivity index (χ0) is 17.9. The van der Waals surface area contributed by atoms with Gasteiger partial charge in [0.05, 0.1) is 0 Å². The molecule has 0 aliphatic heterocycles. The van der Waals surface area contributed by atoms with Crippen molar-refractivity contribution in [1.29, 1.82) is 0 Å². The number of nitrogens with one attached hydrogen (secondary N) is 3. The summed E-state index contributed by atoms with van der Waals surface area (Å²) in [6, 6.07) is 16.8. The molecule has 3 N–H and O–H groups in total. The number of hydrogen-bond donors (Lipinski definition) is 3. The molecule has 132 valence electrons. The highest BCUT2D eigenvalue weighted by Crippen LogP contribution is 2.04. The average molecular weight is 341 g/mol. The molecule has 0 atom stereocenters. The summed E-state index contributed by atoms with van der Waals surface area (Å²) in [5, 5.41) is 8.41. The van der Waals surface area contributed by atoms with Crippen molar-refractivity contribution < 1.29 is 14.3 Å². The van der Waals surface area contributed by atoms with Gasteiger partial charge in [0, 0.05) is 25.2 Å². The molecule has 6 heteroatoms. The molecule has 25 heavy (non-hydrogen) atoms. The number of hydrogen-bond acceptors (Lipinski definition) is 4. The van der Waals surface area contributed by atoms with Crippen molar-refractivity contribution in [1.82, 2.24) is 16.0 Å². The zero-order valence-electron chi connectivity index (χ0n) is 14.2. The minimum atomic E-state index is -0.505.